The van der Waals surface area contributed by atoms with Gasteiger partial charge < -0.3 is 5.32 Å². The third-order valence-corrected chi connectivity index (χ3v) is 5.97. The molecule has 1 saturated heterocycles. The molecule has 2 heterocycles. The zero-order chi connectivity index (χ0) is 15.2. The molecule has 1 aromatic heterocycles. The van der Waals surface area contributed by atoms with Crippen LogP contribution in [0.3, 0.4) is 0 Å². The number of hydrogen-bond donors (Lipinski definition) is 1. The van der Waals surface area contributed by atoms with Gasteiger partial charge in [-0.25, -0.2) is 0 Å². The molecule has 1 spiro atoms. The summed E-state index contributed by atoms with van der Waals surface area (Å²) in [5, 5.41) is 7.48. The molecule has 0 aromatic carbocycles. The number of carbonyl (C=O) groups excluding carboxylic acids is 1. The van der Waals surface area contributed by atoms with Gasteiger partial charge in [-0.2, -0.15) is 5.10 Å². The van der Waals surface area contributed by atoms with Gasteiger partial charge in [0.25, 0.3) is 0 Å². The van der Waals surface area contributed by atoms with Crippen LogP contribution >= 0.6 is 0 Å². The van der Waals surface area contributed by atoms with Crippen molar-refractivity contribution in [2.24, 2.45) is 18.4 Å². The van der Waals surface area contributed by atoms with Gasteiger partial charge in [-0.05, 0) is 57.0 Å². The Hall–Kier alpha value is -1.36. The summed E-state index contributed by atoms with van der Waals surface area (Å²) in [6, 6.07) is 0.482. The van der Waals surface area contributed by atoms with Crippen LogP contribution in [-0.2, 0) is 18.4 Å². The van der Waals surface area contributed by atoms with Crippen molar-refractivity contribution in [1.29, 1.82) is 0 Å². The molecule has 1 unspecified atom stereocenters. The molecule has 1 atom stereocenters. The van der Waals surface area contributed by atoms with E-state index in [2.05, 4.69) is 21.5 Å². The lowest BCUT2D eigenvalue weighted by Gasteiger charge is -2.33. The van der Waals surface area contributed by atoms with Crippen molar-refractivity contribution in [2.45, 2.75) is 51.1 Å². The van der Waals surface area contributed by atoms with E-state index >= 15 is 0 Å². The van der Waals surface area contributed by atoms with E-state index in [-0.39, 0.29) is 0 Å². The molecular weight excluding hydrogens is 276 g/mol. The molecular formula is C17H26N4O. The van der Waals surface area contributed by atoms with Crippen molar-refractivity contribution < 1.29 is 4.79 Å². The first-order valence-corrected chi connectivity index (χ1v) is 8.65. The average molecular weight is 302 g/mol. The smallest absolute Gasteiger partial charge is 0.223 e. The maximum Gasteiger partial charge on any atom is 0.223 e. The fraction of sp³-hybridized carbons (Fsp3) is 0.765. The van der Waals surface area contributed by atoms with E-state index in [9.17, 15) is 4.79 Å². The summed E-state index contributed by atoms with van der Waals surface area (Å²) in [5.74, 6) is 0.638. The lowest BCUT2D eigenvalue weighted by atomic mass is 9.89. The van der Waals surface area contributed by atoms with Crippen LogP contribution in [0.15, 0.2) is 12.4 Å². The lowest BCUT2D eigenvalue weighted by molar-refractivity contribution is -0.124. The summed E-state index contributed by atoms with van der Waals surface area (Å²) >= 11 is 0. The minimum Gasteiger partial charge on any atom is -0.353 e. The number of hydrogen-bond acceptors (Lipinski definition) is 3. The molecule has 3 fully saturated rings. The summed E-state index contributed by atoms with van der Waals surface area (Å²) in [5.41, 5.74) is 1.62. The van der Waals surface area contributed by atoms with Crippen molar-refractivity contribution >= 4 is 5.91 Å². The first-order valence-electron chi connectivity index (χ1n) is 8.65. The highest BCUT2D eigenvalue weighted by Crippen LogP contribution is 2.59. The van der Waals surface area contributed by atoms with Crippen molar-refractivity contribution in [3.63, 3.8) is 0 Å². The van der Waals surface area contributed by atoms with E-state index in [0.29, 0.717) is 23.3 Å². The molecule has 22 heavy (non-hydrogen) atoms. The summed E-state index contributed by atoms with van der Waals surface area (Å²) in [4.78, 5) is 14.8. The molecule has 5 heteroatoms. The van der Waals surface area contributed by atoms with Gasteiger partial charge in [0, 0.05) is 37.3 Å². The Morgan fingerprint density at radius 3 is 2.77 bits per heavy atom. The zero-order valence-electron chi connectivity index (χ0n) is 13.4. The summed E-state index contributed by atoms with van der Waals surface area (Å²) < 4.78 is 1.86. The largest absolute Gasteiger partial charge is 0.353 e. The molecule has 1 aromatic rings. The summed E-state index contributed by atoms with van der Waals surface area (Å²) in [7, 11) is 1.96. The molecule has 1 aliphatic heterocycles. The van der Waals surface area contributed by atoms with Crippen LogP contribution in [-0.4, -0.2) is 39.7 Å². The number of nitrogens with zero attached hydrogens (tertiary/aromatic N) is 3. The van der Waals surface area contributed by atoms with E-state index in [1.54, 1.807) is 0 Å². The topological polar surface area (TPSA) is 50.2 Å². The zero-order valence-corrected chi connectivity index (χ0v) is 13.4. The van der Waals surface area contributed by atoms with Gasteiger partial charge in [-0.15, -0.1) is 0 Å². The van der Waals surface area contributed by atoms with E-state index in [1.807, 2.05) is 17.9 Å². The van der Waals surface area contributed by atoms with Gasteiger partial charge >= 0.3 is 0 Å². The van der Waals surface area contributed by atoms with Crippen LogP contribution in [0.1, 0.15) is 44.1 Å². The Bertz CT molecular complexity index is 555. The summed E-state index contributed by atoms with van der Waals surface area (Å²) in [6.45, 7) is 3.22. The minimum atomic E-state index is 0.300. The first kappa shape index (κ1) is 14.2. The second-order valence-electron chi connectivity index (χ2n) is 7.55. The normalized spacial score (nSPS) is 27.6. The highest BCUT2D eigenvalue weighted by molar-refractivity contribution is 5.83. The maximum atomic E-state index is 12.3. The number of piperidine rings is 1. The standard InChI is InChI=1S/C17H26N4O/c1-20-11-13(10-18-20)12-21-7-5-17(6-8-21)9-15(17)16(22)19-14-3-2-4-14/h10-11,14-15H,2-9,12H2,1H3,(H,19,22). The molecule has 0 radical (unpaired) electrons. The third-order valence-electron chi connectivity index (χ3n) is 5.97. The number of likely N-dealkylation sites (tertiary alicyclic amines) is 1. The number of carbonyl (C=O) groups is 1. The van der Waals surface area contributed by atoms with E-state index < -0.39 is 0 Å². The van der Waals surface area contributed by atoms with E-state index in [1.165, 1.54) is 37.7 Å². The van der Waals surface area contributed by atoms with Crippen LogP contribution in [0.2, 0.25) is 0 Å². The van der Waals surface area contributed by atoms with Gasteiger partial charge in [-0.3, -0.25) is 14.4 Å². The predicted molar refractivity (Wildman–Crippen MR) is 84.0 cm³/mol. The number of nitrogens with one attached hydrogen (secondary N) is 1. The number of rotatable bonds is 4. The highest BCUT2D eigenvalue weighted by atomic mass is 16.2. The molecule has 4 rings (SSSR count). The van der Waals surface area contributed by atoms with Gasteiger partial charge in [0.05, 0.1) is 6.20 Å². The summed E-state index contributed by atoms with van der Waals surface area (Å²) in [6.07, 6.45) is 11.2. The van der Waals surface area contributed by atoms with Crippen LogP contribution in [0.25, 0.3) is 0 Å². The van der Waals surface area contributed by atoms with Crippen molar-refractivity contribution in [1.82, 2.24) is 20.0 Å². The maximum absolute atomic E-state index is 12.3. The Balaban J connectivity index is 1.26. The first-order chi connectivity index (χ1) is 10.6. The SMILES string of the molecule is Cn1cc(CN2CCC3(CC2)CC3C(=O)NC2CCC2)cn1. The Morgan fingerprint density at radius 1 is 1.41 bits per heavy atom. The number of aromatic nitrogens is 2. The van der Waals surface area contributed by atoms with Gasteiger partial charge in [-0.1, -0.05) is 0 Å². The minimum absolute atomic E-state index is 0.300. The third kappa shape index (κ3) is 2.67. The molecule has 120 valence electrons. The number of amides is 1. The highest BCUT2D eigenvalue weighted by Gasteiger charge is 2.58. The second kappa shape index (κ2) is 5.37. The Morgan fingerprint density at radius 2 is 2.18 bits per heavy atom. The monoisotopic (exact) mass is 302 g/mol. The van der Waals surface area contributed by atoms with E-state index in [4.69, 9.17) is 0 Å². The van der Waals surface area contributed by atoms with Crippen molar-refractivity contribution in [2.75, 3.05) is 13.1 Å². The van der Waals surface area contributed by atoms with Gasteiger partial charge in [0.1, 0.15) is 0 Å². The van der Waals surface area contributed by atoms with E-state index in [0.717, 1.165) is 26.1 Å². The second-order valence-corrected chi connectivity index (χ2v) is 7.55. The Kier molecular flexibility index (Phi) is 3.48. The predicted octanol–water partition coefficient (Wildman–Crippen LogP) is 1.69. The molecule has 1 amide bonds. The molecule has 2 aliphatic carbocycles. The van der Waals surface area contributed by atoms with Crippen LogP contribution < -0.4 is 5.32 Å². The number of aryl methyl sites for hydroxylation is 1. The van der Waals surface area contributed by atoms with Crippen LogP contribution in [0.5, 0.6) is 0 Å². The van der Waals surface area contributed by atoms with Gasteiger partial charge in [0.15, 0.2) is 0 Å². The van der Waals surface area contributed by atoms with Crippen LogP contribution in [0, 0.1) is 11.3 Å². The molecule has 2 saturated carbocycles. The van der Waals surface area contributed by atoms with Crippen molar-refractivity contribution in [3.05, 3.63) is 18.0 Å². The molecule has 1 N–H and O–H groups in total. The van der Waals surface area contributed by atoms with Gasteiger partial charge in [0.2, 0.25) is 5.91 Å². The fourth-order valence-electron chi connectivity index (χ4n) is 4.09. The molecule has 3 aliphatic rings. The van der Waals surface area contributed by atoms with Crippen LogP contribution in [0.4, 0.5) is 0 Å². The fourth-order valence-corrected chi connectivity index (χ4v) is 4.09. The molecule has 5 nitrogen and oxygen atoms in total. The lowest BCUT2D eigenvalue weighted by Crippen LogP contribution is -2.42. The Labute approximate surface area is 132 Å². The average Bonchev–Trinajstić information content (AvgIpc) is 3.02. The quantitative estimate of drug-likeness (QED) is 0.921. The van der Waals surface area contributed by atoms with Crippen molar-refractivity contribution in [3.8, 4) is 0 Å². The molecule has 0 bridgehead atoms.